The summed E-state index contributed by atoms with van der Waals surface area (Å²) in [6.45, 7) is 9.73. The Hall–Kier alpha value is -0.780. The minimum absolute atomic E-state index is 0.190. The van der Waals surface area contributed by atoms with E-state index in [4.69, 9.17) is 16.3 Å². The smallest absolute Gasteiger partial charge is 0.246 e. The Morgan fingerprint density at radius 2 is 1.88 bits per heavy atom. The molecule has 0 saturated carbocycles. The van der Waals surface area contributed by atoms with Gasteiger partial charge in [-0.25, -0.2) is 8.42 Å². The van der Waals surface area contributed by atoms with Crippen LogP contribution in [0.4, 0.5) is 0 Å². The van der Waals surface area contributed by atoms with Crippen LogP contribution in [0.5, 0.6) is 5.75 Å². The van der Waals surface area contributed by atoms with Crippen molar-refractivity contribution in [1.82, 2.24) is 4.31 Å². The lowest BCUT2D eigenvalue weighted by atomic mass is 9.94. The zero-order valence-electron chi connectivity index (χ0n) is 15.0. The van der Waals surface area contributed by atoms with Crippen LogP contribution in [0.15, 0.2) is 17.0 Å². The number of rotatable bonds is 6. The molecule has 0 aliphatic carbocycles. The van der Waals surface area contributed by atoms with Crippen LogP contribution < -0.4 is 4.74 Å². The standard InChI is InChI=1S/C18H28ClNO3S/c1-5-6-7-23-17-9-15(4)16(19)10-18(17)24(21,22)20-11-13(2)8-14(3)12-20/h9-10,13-14H,5-8,11-12H2,1-4H3/t13-,14-/m1/s1. The number of hydrogen-bond donors (Lipinski definition) is 0. The van der Waals surface area contributed by atoms with E-state index in [0.717, 1.165) is 24.8 Å². The molecule has 6 heteroatoms. The summed E-state index contributed by atoms with van der Waals surface area (Å²) in [7, 11) is -3.61. The summed E-state index contributed by atoms with van der Waals surface area (Å²) in [6, 6.07) is 3.28. The number of nitrogens with zero attached hydrogens (tertiary/aromatic N) is 1. The molecular formula is C18H28ClNO3S. The molecule has 136 valence electrons. The summed E-state index contributed by atoms with van der Waals surface area (Å²) >= 11 is 6.21. The summed E-state index contributed by atoms with van der Waals surface area (Å²) in [5.41, 5.74) is 0.822. The van der Waals surface area contributed by atoms with Gasteiger partial charge in [-0.05, 0) is 49.3 Å². The van der Waals surface area contributed by atoms with Crippen LogP contribution in [0.25, 0.3) is 0 Å². The van der Waals surface area contributed by atoms with Gasteiger partial charge in [-0.3, -0.25) is 0 Å². The minimum Gasteiger partial charge on any atom is -0.492 e. The van der Waals surface area contributed by atoms with E-state index < -0.39 is 10.0 Å². The molecule has 1 fully saturated rings. The molecule has 1 aliphatic heterocycles. The van der Waals surface area contributed by atoms with Gasteiger partial charge in [0, 0.05) is 18.1 Å². The number of ether oxygens (including phenoxy) is 1. The molecule has 1 aromatic rings. The van der Waals surface area contributed by atoms with Crippen LogP contribution in [0, 0.1) is 18.8 Å². The molecule has 1 saturated heterocycles. The molecule has 4 nitrogen and oxygen atoms in total. The molecule has 2 rings (SSSR count). The van der Waals surface area contributed by atoms with E-state index in [0.29, 0.717) is 42.3 Å². The first-order valence-corrected chi connectivity index (χ1v) is 10.5. The van der Waals surface area contributed by atoms with Gasteiger partial charge in [-0.2, -0.15) is 4.31 Å². The van der Waals surface area contributed by atoms with Crippen LogP contribution >= 0.6 is 11.6 Å². The van der Waals surface area contributed by atoms with E-state index in [1.807, 2.05) is 6.92 Å². The van der Waals surface area contributed by atoms with E-state index in [2.05, 4.69) is 20.8 Å². The Kier molecular flexibility index (Phi) is 6.57. The first-order chi connectivity index (χ1) is 11.3. The first-order valence-electron chi connectivity index (χ1n) is 8.68. The first kappa shape index (κ1) is 19.5. The number of aryl methyl sites for hydroxylation is 1. The Morgan fingerprint density at radius 1 is 1.25 bits per heavy atom. The lowest BCUT2D eigenvalue weighted by Gasteiger charge is -2.34. The highest BCUT2D eigenvalue weighted by Crippen LogP contribution is 2.34. The number of hydrogen-bond acceptors (Lipinski definition) is 3. The summed E-state index contributed by atoms with van der Waals surface area (Å²) in [4.78, 5) is 0.190. The monoisotopic (exact) mass is 373 g/mol. The largest absolute Gasteiger partial charge is 0.492 e. The second-order valence-corrected chi connectivity index (χ2v) is 9.33. The SMILES string of the molecule is CCCCOc1cc(C)c(Cl)cc1S(=O)(=O)N1C[C@H](C)C[C@@H](C)C1. The molecule has 0 bridgehead atoms. The van der Waals surface area contributed by atoms with Crippen molar-refractivity contribution in [2.75, 3.05) is 19.7 Å². The third-order valence-electron chi connectivity index (χ3n) is 4.43. The quantitative estimate of drug-likeness (QED) is 0.690. The lowest BCUT2D eigenvalue weighted by Crippen LogP contribution is -2.42. The van der Waals surface area contributed by atoms with Gasteiger partial charge in [0.15, 0.2) is 0 Å². The second-order valence-electron chi connectivity index (χ2n) is 7.02. The highest BCUT2D eigenvalue weighted by Gasteiger charge is 2.34. The lowest BCUT2D eigenvalue weighted by molar-refractivity contribution is 0.221. The third kappa shape index (κ3) is 4.44. The summed E-state index contributed by atoms with van der Waals surface area (Å²) in [5, 5.41) is 0.453. The highest BCUT2D eigenvalue weighted by molar-refractivity contribution is 7.89. The fraction of sp³-hybridized carbons (Fsp3) is 0.667. The number of sulfonamides is 1. The molecule has 1 heterocycles. The average molecular weight is 374 g/mol. The van der Waals surface area contributed by atoms with Gasteiger partial charge < -0.3 is 4.74 Å². The number of halogens is 1. The molecular weight excluding hydrogens is 346 g/mol. The predicted octanol–water partition coefficient (Wildman–Crippen LogP) is 4.49. The van der Waals surface area contributed by atoms with Crippen molar-refractivity contribution >= 4 is 21.6 Å². The van der Waals surface area contributed by atoms with Crippen LogP contribution in [0.1, 0.15) is 45.6 Å². The van der Waals surface area contributed by atoms with Crippen molar-refractivity contribution in [3.05, 3.63) is 22.7 Å². The molecule has 0 amide bonds. The molecule has 0 spiro atoms. The number of piperidine rings is 1. The van der Waals surface area contributed by atoms with E-state index in [1.165, 1.54) is 6.07 Å². The Morgan fingerprint density at radius 3 is 2.46 bits per heavy atom. The molecule has 1 aromatic carbocycles. The maximum atomic E-state index is 13.2. The topological polar surface area (TPSA) is 46.6 Å². The minimum atomic E-state index is -3.61. The summed E-state index contributed by atoms with van der Waals surface area (Å²) in [5.74, 6) is 1.12. The van der Waals surface area contributed by atoms with Gasteiger partial charge in [0.1, 0.15) is 10.6 Å². The molecule has 24 heavy (non-hydrogen) atoms. The Balaban J connectivity index is 2.38. The van der Waals surface area contributed by atoms with Gasteiger partial charge >= 0.3 is 0 Å². The highest BCUT2D eigenvalue weighted by atomic mass is 35.5. The van der Waals surface area contributed by atoms with E-state index >= 15 is 0 Å². The fourth-order valence-corrected chi connectivity index (χ4v) is 5.27. The van der Waals surface area contributed by atoms with Crippen molar-refractivity contribution in [3.63, 3.8) is 0 Å². The maximum absolute atomic E-state index is 13.2. The van der Waals surface area contributed by atoms with E-state index in [1.54, 1.807) is 10.4 Å². The fourth-order valence-electron chi connectivity index (χ4n) is 3.22. The van der Waals surface area contributed by atoms with E-state index in [9.17, 15) is 8.42 Å². The molecule has 0 radical (unpaired) electrons. The average Bonchev–Trinajstić information content (AvgIpc) is 2.49. The van der Waals surface area contributed by atoms with E-state index in [-0.39, 0.29) is 4.90 Å². The van der Waals surface area contributed by atoms with Gasteiger partial charge in [-0.15, -0.1) is 0 Å². The van der Waals surface area contributed by atoms with Gasteiger partial charge in [0.2, 0.25) is 10.0 Å². The second kappa shape index (κ2) is 8.07. The van der Waals surface area contributed by atoms with Crippen molar-refractivity contribution in [3.8, 4) is 5.75 Å². The molecule has 1 aliphatic rings. The Labute approximate surface area is 151 Å². The summed E-state index contributed by atoms with van der Waals surface area (Å²) in [6.07, 6.45) is 2.94. The van der Waals surface area contributed by atoms with Crippen LogP contribution in [0.2, 0.25) is 5.02 Å². The predicted molar refractivity (Wildman–Crippen MR) is 98.3 cm³/mol. The number of unbranched alkanes of at least 4 members (excludes halogenated alkanes) is 1. The zero-order valence-corrected chi connectivity index (χ0v) is 16.6. The molecule has 0 N–H and O–H groups in total. The van der Waals surface area contributed by atoms with Crippen molar-refractivity contribution in [2.24, 2.45) is 11.8 Å². The van der Waals surface area contributed by atoms with Crippen LogP contribution in [-0.4, -0.2) is 32.4 Å². The van der Waals surface area contributed by atoms with Gasteiger partial charge in [0.05, 0.1) is 6.61 Å². The maximum Gasteiger partial charge on any atom is 0.246 e. The van der Waals surface area contributed by atoms with Gasteiger partial charge in [-0.1, -0.05) is 38.8 Å². The summed E-state index contributed by atoms with van der Waals surface area (Å²) < 4.78 is 33.7. The molecule has 2 atom stereocenters. The van der Waals surface area contributed by atoms with Crippen LogP contribution in [0.3, 0.4) is 0 Å². The van der Waals surface area contributed by atoms with Gasteiger partial charge in [0.25, 0.3) is 0 Å². The van der Waals surface area contributed by atoms with Crippen molar-refractivity contribution in [1.29, 1.82) is 0 Å². The van der Waals surface area contributed by atoms with Crippen LogP contribution in [-0.2, 0) is 10.0 Å². The number of benzene rings is 1. The van der Waals surface area contributed by atoms with Crippen molar-refractivity contribution in [2.45, 2.75) is 51.9 Å². The Bertz CT molecular complexity index is 665. The third-order valence-corrected chi connectivity index (χ3v) is 6.69. The van der Waals surface area contributed by atoms with Crippen molar-refractivity contribution < 1.29 is 13.2 Å². The normalized spacial score (nSPS) is 22.5. The molecule has 0 aromatic heterocycles. The molecule has 0 unspecified atom stereocenters. The zero-order chi connectivity index (χ0) is 17.9.